The fraction of sp³-hybridized carbons (Fsp3) is 0.273. The van der Waals surface area contributed by atoms with Crippen molar-refractivity contribution < 1.29 is 13.9 Å². The summed E-state index contributed by atoms with van der Waals surface area (Å²) in [6.45, 7) is 6.46. The number of rotatable bonds is 8. The van der Waals surface area contributed by atoms with E-state index in [1.807, 2.05) is 73.9 Å². The molecule has 0 bridgehead atoms. The number of hydrogen-bond donors (Lipinski definition) is 1. The van der Waals surface area contributed by atoms with Crippen LogP contribution < -0.4 is 10.1 Å². The van der Waals surface area contributed by atoms with Gasteiger partial charge >= 0.3 is 6.01 Å². The molecule has 2 aromatic heterocycles. The summed E-state index contributed by atoms with van der Waals surface area (Å²) >= 11 is 1.34. The largest absolute Gasteiger partial charge is 0.494 e. The van der Waals surface area contributed by atoms with Crippen LogP contribution in [-0.2, 0) is 4.79 Å². The lowest BCUT2D eigenvalue weighted by molar-refractivity contribution is -0.113. The van der Waals surface area contributed by atoms with Gasteiger partial charge in [0.05, 0.1) is 23.4 Å². The lowest BCUT2D eigenvalue weighted by Crippen LogP contribution is -2.14. The highest BCUT2D eigenvalue weighted by Crippen LogP contribution is 2.29. The maximum Gasteiger partial charge on any atom is 0.322 e. The molecule has 2 aromatic carbocycles. The molecule has 0 saturated carbocycles. The van der Waals surface area contributed by atoms with Gasteiger partial charge in [0.15, 0.2) is 5.16 Å². The van der Waals surface area contributed by atoms with Crippen LogP contribution in [0.1, 0.15) is 32.6 Å². The van der Waals surface area contributed by atoms with Gasteiger partial charge in [-0.15, -0.1) is 5.10 Å². The summed E-state index contributed by atoms with van der Waals surface area (Å²) in [7, 11) is 0. The van der Waals surface area contributed by atoms with E-state index in [4.69, 9.17) is 14.1 Å². The molecule has 0 aliphatic heterocycles. The van der Waals surface area contributed by atoms with Gasteiger partial charge in [0.1, 0.15) is 5.75 Å². The number of ether oxygens (including phenoxy) is 1. The smallest absolute Gasteiger partial charge is 0.322 e. The van der Waals surface area contributed by atoms with E-state index in [0.717, 1.165) is 22.5 Å². The molecule has 160 valence electrons. The zero-order chi connectivity index (χ0) is 21.8. The number of carbonyl (C=O) groups excluding carboxylic acids is 1. The molecule has 2 heterocycles. The molecule has 9 heteroatoms. The highest BCUT2D eigenvalue weighted by atomic mass is 32.2. The molecule has 0 aliphatic carbocycles. The predicted molar refractivity (Wildman–Crippen MR) is 120 cm³/mol. The van der Waals surface area contributed by atoms with Crippen molar-refractivity contribution >= 4 is 34.7 Å². The molecule has 0 radical (unpaired) electrons. The number of hydrogen-bond acceptors (Lipinski definition) is 7. The normalized spacial score (nSPS) is 11.2. The first-order valence-electron chi connectivity index (χ1n) is 10.0. The number of anilines is 1. The van der Waals surface area contributed by atoms with E-state index in [1.165, 1.54) is 11.8 Å². The molecule has 0 saturated heterocycles. The molecule has 1 amide bonds. The Kier molecular flexibility index (Phi) is 6.22. The fourth-order valence-electron chi connectivity index (χ4n) is 3.01. The van der Waals surface area contributed by atoms with Crippen molar-refractivity contribution in [2.75, 3.05) is 17.7 Å². The average molecular weight is 438 g/mol. The Balaban J connectivity index is 1.54. The summed E-state index contributed by atoms with van der Waals surface area (Å²) in [5.41, 5.74) is 2.77. The minimum absolute atomic E-state index is 0.0987. The third-order valence-electron chi connectivity index (χ3n) is 4.45. The van der Waals surface area contributed by atoms with Gasteiger partial charge in [-0.1, -0.05) is 42.8 Å². The van der Waals surface area contributed by atoms with E-state index in [0.29, 0.717) is 17.7 Å². The van der Waals surface area contributed by atoms with Crippen molar-refractivity contribution in [2.24, 2.45) is 0 Å². The standard InChI is InChI=1S/C22H23N5O3S/c1-4-29-16-11-9-15(10-12-16)27-18-8-6-5-7-17(18)23-22(27)31-13-19(28)24-21-26-25-20(30-21)14(2)3/h5-12,14H,4,13H2,1-3H3,(H,24,26,28). The summed E-state index contributed by atoms with van der Waals surface area (Å²) in [4.78, 5) is 17.1. The van der Waals surface area contributed by atoms with Crippen LogP contribution in [0, 0.1) is 0 Å². The first kappa shape index (κ1) is 20.9. The van der Waals surface area contributed by atoms with Gasteiger partial charge in [0.2, 0.25) is 11.8 Å². The van der Waals surface area contributed by atoms with Gasteiger partial charge in [-0.05, 0) is 43.3 Å². The van der Waals surface area contributed by atoms with Crippen LogP contribution in [-0.4, -0.2) is 38.0 Å². The molecule has 4 aromatic rings. The fourth-order valence-corrected chi connectivity index (χ4v) is 3.84. The van der Waals surface area contributed by atoms with Gasteiger partial charge < -0.3 is 9.15 Å². The average Bonchev–Trinajstić information content (AvgIpc) is 3.38. The summed E-state index contributed by atoms with van der Waals surface area (Å²) in [6, 6.07) is 15.8. The predicted octanol–water partition coefficient (Wildman–Crippen LogP) is 4.66. The van der Waals surface area contributed by atoms with Crippen LogP contribution in [0.5, 0.6) is 5.75 Å². The quantitative estimate of drug-likeness (QED) is 0.401. The number of nitrogens with one attached hydrogen (secondary N) is 1. The van der Waals surface area contributed by atoms with Gasteiger partial charge in [-0.25, -0.2) is 4.98 Å². The number of imidazole rings is 1. The molecular formula is C22H23N5O3S. The monoisotopic (exact) mass is 437 g/mol. The number of carbonyl (C=O) groups is 1. The highest BCUT2D eigenvalue weighted by molar-refractivity contribution is 7.99. The van der Waals surface area contributed by atoms with Crippen LogP contribution in [0.2, 0.25) is 0 Å². The van der Waals surface area contributed by atoms with Gasteiger partial charge in [0.25, 0.3) is 0 Å². The Morgan fingerprint density at radius 3 is 2.65 bits per heavy atom. The van der Waals surface area contributed by atoms with Crippen molar-refractivity contribution in [3.8, 4) is 11.4 Å². The lowest BCUT2D eigenvalue weighted by Gasteiger charge is -2.10. The highest BCUT2D eigenvalue weighted by Gasteiger charge is 2.16. The number of nitrogens with zero attached hydrogens (tertiary/aromatic N) is 4. The van der Waals surface area contributed by atoms with Gasteiger partial charge in [-0.3, -0.25) is 14.7 Å². The van der Waals surface area contributed by atoms with Crippen LogP contribution in [0.25, 0.3) is 16.7 Å². The summed E-state index contributed by atoms with van der Waals surface area (Å²) in [5.74, 6) is 1.31. The zero-order valence-corrected chi connectivity index (χ0v) is 18.3. The van der Waals surface area contributed by atoms with Crippen LogP contribution in [0.15, 0.2) is 58.1 Å². The van der Waals surface area contributed by atoms with Crippen molar-refractivity contribution in [2.45, 2.75) is 31.8 Å². The maximum atomic E-state index is 12.4. The number of fused-ring (bicyclic) bond motifs is 1. The lowest BCUT2D eigenvalue weighted by atomic mass is 10.2. The van der Waals surface area contributed by atoms with Crippen molar-refractivity contribution in [3.63, 3.8) is 0 Å². The zero-order valence-electron chi connectivity index (χ0n) is 17.5. The van der Waals surface area contributed by atoms with E-state index >= 15 is 0 Å². The number of para-hydroxylation sites is 2. The first-order chi connectivity index (χ1) is 15.0. The number of amides is 1. The van der Waals surface area contributed by atoms with E-state index in [2.05, 4.69) is 15.5 Å². The van der Waals surface area contributed by atoms with E-state index < -0.39 is 0 Å². The number of thioether (sulfide) groups is 1. The molecule has 0 aliphatic rings. The first-order valence-corrected chi connectivity index (χ1v) is 11.0. The minimum Gasteiger partial charge on any atom is -0.494 e. The topological polar surface area (TPSA) is 95.1 Å². The molecule has 8 nitrogen and oxygen atoms in total. The third-order valence-corrected chi connectivity index (χ3v) is 5.39. The molecule has 0 spiro atoms. The Hall–Kier alpha value is -3.33. The SMILES string of the molecule is CCOc1ccc(-n2c(SCC(=O)Nc3nnc(C(C)C)o3)nc3ccccc32)cc1. The molecule has 0 unspecified atom stereocenters. The third kappa shape index (κ3) is 4.72. The Labute approximate surface area is 184 Å². The summed E-state index contributed by atoms with van der Waals surface area (Å²) in [6.07, 6.45) is 0. The van der Waals surface area contributed by atoms with Crippen molar-refractivity contribution in [3.05, 3.63) is 54.4 Å². The molecule has 0 fully saturated rings. The molecule has 0 atom stereocenters. The van der Waals surface area contributed by atoms with Gasteiger partial charge in [-0.2, -0.15) is 0 Å². The second-order valence-electron chi connectivity index (χ2n) is 7.08. The molecule has 4 rings (SSSR count). The molecular weight excluding hydrogens is 414 g/mol. The van der Waals surface area contributed by atoms with Crippen molar-refractivity contribution in [1.29, 1.82) is 0 Å². The van der Waals surface area contributed by atoms with Crippen LogP contribution >= 0.6 is 11.8 Å². The maximum absolute atomic E-state index is 12.4. The summed E-state index contributed by atoms with van der Waals surface area (Å²) in [5, 5.41) is 11.2. The van der Waals surface area contributed by atoms with E-state index in [-0.39, 0.29) is 23.6 Å². The molecule has 31 heavy (non-hydrogen) atoms. The Morgan fingerprint density at radius 2 is 1.94 bits per heavy atom. The Morgan fingerprint density at radius 1 is 1.16 bits per heavy atom. The Bertz CT molecular complexity index is 1180. The summed E-state index contributed by atoms with van der Waals surface area (Å²) < 4.78 is 13.0. The number of aromatic nitrogens is 4. The number of benzene rings is 2. The van der Waals surface area contributed by atoms with E-state index in [1.54, 1.807) is 0 Å². The second kappa shape index (κ2) is 9.22. The van der Waals surface area contributed by atoms with E-state index in [9.17, 15) is 4.79 Å². The minimum atomic E-state index is -0.241. The van der Waals surface area contributed by atoms with Crippen LogP contribution in [0.3, 0.4) is 0 Å². The van der Waals surface area contributed by atoms with Crippen LogP contribution in [0.4, 0.5) is 6.01 Å². The van der Waals surface area contributed by atoms with Gasteiger partial charge in [0, 0.05) is 11.6 Å². The van der Waals surface area contributed by atoms with Crippen molar-refractivity contribution in [1.82, 2.24) is 19.7 Å². The molecule has 1 N–H and O–H groups in total. The second-order valence-corrected chi connectivity index (χ2v) is 8.02.